The van der Waals surface area contributed by atoms with Crippen LogP contribution in [0.1, 0.15) is 13.8 Å². The van der Waals surface area contributed by atoms with Gasteiger partial charge in [0.2, 0.25) is 20.8 Å². The Morgan fingerprint density at radius 3 is 1.07 bits per heavy atom. The van der Waals surface area contributed by atoms with E-state index in [0.717, 1.165) is 0 Å². The second kappa shape index (κ2) is 9.62. The number of hydrogen-bond acceptors (Lipinski definition) is 8. The summed E-state index contributed by atoms with van der Waals surface area (Å²) >= 11 is 0. The Morgan fingerprint density at radius 1 is 0.867 bits per heavy atom. The predicted octanol–water partition coefficient (Wildman–Crippen LogP) is -1.04. The van der Waals surface area contributed by atoms with E-state index in [9.17, 15) is 25.9 Å². The van der Waals surface area contributed by atoms with Crippen molar-refractivity contribution in [2.24, 2.45) is 0 Å². The van der Waals surface area contributed by atoms with Crippen LogP contribution in [0.5, 0.6) is 0 Å². The molecule has 0 saturated heterocycles. The van der Waals surface area contributed by atoms with Gasteiger partial charge in [0, 0.05) is 0 Å². The minimum atomic E-state index is -4.42. The van der Waals surface area contributed by atoms with Gasteiger partial charge < -0.3 is 9.11 Å². The molecular formula is C4H10O8PdS2. The molecule has 0 bridgehead atoms. The normalized spacial score (nSPS) is 10.9. The van der Waals surface area contributed by atoms with Crippen molar-refractivity contribution in [3.05, 3.63) is 0 Å². The third-order valence-corrected chi connectivity index (χ3v) is 1.57. The summed E-state index contributed by atoms with van der Waals surface area (Å²) in [6.07, 6.45) is 0. The maximum absolute atomic E-state index is 9.45. The van der Waals surface area contributed by atoms with Crippen LogP contribution < -0.4 is 0 Å². The van der Waals surface area contributed by atoms with Gasteiger partial charge in [-0.3, -0.25) is 8.37 Å². The quantitative estimate of drug-likeness (QED) is 0.354. The van der Waals surface area contributed by atoms with E-state index in [0.29, 0.717) is 0 Å². The van der Waals surface area contributed by atoms with Crippen molar-refractivity contribution in [1.29, 1.82) is 0 Å². The number of hydrogen-bond donors (Lipinski definition) is 0. The average Bonchev–Trinajstić information content (AvgIpc) is 1.81. The third kappa shape index (κ3) is 31.4. The Bertz CT molecular complexity index is 285. The molecule has 0 aromatic rings. The second-order valence-corrected chi connectivity index (χ2v) is 3.73. The molecule has 0 atom stereocenters. The number of rotatable bonds is 4. The molecule has 0 rings (SSSR count). The smallest absolute Gasteiger partial charge is 0.726 e. The topological polar surface area (TPSA) is 133 Å². The summed E-state index contributed by atoms with van der Waals surface area (Å²) in [7, 11) is -8.85. The Kier molecular flexibility index (Phi) is 13.3. The summed E-state index contributed by atoms with van der Waals surface area (Å²) in [5.41, 5.74) is 0. The Labute approximate surface area is 103 Å². The van der Waals surface area contributed by atoms with Crippen LogP contribution in [0.15, 0.2) is 0 Å². The molecule has 0 saturated carbocycles. The first kappa shape index (κ1) is 20.8. The van der Waals surface area contributed by atoms with Crippen molar-refractivity contribution in [2.75, 3.05) is 13.2 Å². The molecule has 0 heterocycles. The predicted molar refractivity (Wildman–Crippen MR) is 42.6 cm³/mol. The zero-order valence-electron chi connectivity index (χ0n) is 7.81. The van der Waals surface area contributed by atoms with Gasteiger partial charge in [0.05, 0.1) is 13.2 Å². The first-order chi connectivity index (χ1) is 6.12. The average molecular weight is 357 g/mol. The first-order valence-electron chi connectivity index (χ1n) is 3.32. The Morgan fingerprint density at radius 2 is 1.07 bits per heavy atom. The molecule has 0 spiro atoms. The zero-order chi connectivity index (χ0) is 11.8. The van der Waals surface area contributed by atoms with E-state index in [4.69, 9.17) is 0 Å². The molecule has 8 nitrogen and oxygen atoms in total. The van der Waals surface area contributed by atoms with Crippen molar-refractivity contribution < 1.29 is 54.7 Å². The Balaban J connectivity index is -0.000000180. The van der Waals surface area contributed by atoms with Crippen LogP contribution in [0.4, 0.5) is 0 Å². The van der Waals surface area contributed by atoms with Crippen molar-refractivity contribution in [3.63, 3.8) is 0 Å². The Hall–Kier alpha value is 0.402. The van der Waals surface area contributed by atoms with Gasteiger partial charge in [0.25, 0.3) is 0 Å². The van der Waals surface area contributed by atoms with Crippen LogP contribution in [0, 0.1) is 0 Å². The molecular weight excluding hydrogens is 347 g/mol. The molecule has 0 aliphatic heterocycles. The fraction of sp³-hybridized carbons (Fsp3) is 1.00. The summed E-state index contributed by atoms with van der Waals surface area (Å²) in [6.45, 7) is 2.67. The van der Waals surface area contributed by atoms with E-state index in [2.05, 4.69) is 8.37 Å². The first-order valence-corrected chi connectivity index (χ1v) is 5.99. The SMILES string of the molecule is CCOS(=O)(=O)[O-].CCOS(=O)(=O)[O-].[Pd+2]. The summed E-state index contributed by atoms with van der Waals surface area (Å²) in [5, 5.41) is 0. The summed E-state index contributed by atoms with van der Waals surface area (Å²) < 4.78 is 64.0. The van der Waals surface area contributed by atoms with Crippen molar-refractivity contribution >= 4 is 20.8 Å². The molecule has 96 valence electrons. The van der Waals surface area contributed by atoms with Crippen molar-refractivity contribution in [3.8, 4) is 0 Å². The fourth-order valence-corrected chi connectivity index (χ4v) is 0.866. The van der Waals surface area contributed by atoms with Gasteiger partial charge in [-0.15, -0.1) is 0 Å². The largest absolute Gasteiger partial charge is 2.00 e. The van der Waals surface area contributed by atoms with Crippen molar-refractivity contribution in [1.82, 2.24) is 0 Å². The van der Waals surface area contributed by atoms with E-state index < -0.39 is 20.8 Å². The van der Waals surface area contributed by atoms with Gasteiger partial charge in [0.1, 0.15) is 0 Å². The molecule has 0 fully saturated rings. The molecule has 11 heteroatoms. The molecule has 0 unspecified atom stereocenters. The summed E-state index contributed by atoms with van der Waals surface area (Å²) in [5.74, 6) is 0. The summed E-state index contributed by atoms with van der Waals surface area (Å²) in [4.78, 5) is 0. The van der Waals surface area contributed by atoms with E-state index in [1.807, 2.05) is 0 Å². The molecule has 0 N–H and O–H groups in total. The van der Waals surface area contributed by atoms with E-state index in [1.54, 1.807) is 0 Å². The zero-order valence-corrected chi connectivity index (χ0v) is 11.0. The molecule has 0 amide bonds. The van der Waals surface area contributed by atoms with E-state index >= 15 is 0 Å². The van der Waals surface area contributed by atoms with Gasteiger partial charge in [0.15, 0.2) is 0 Å². The van der Waals surface area contributed by atoms with Crippen LogP contribution >= 0.6 is 0 Å². The van der Waals surface area contributed by atoms with Crippen LogP contribution in [0.3, 0.4) is 0 Å². The van der Waals surface area contributed by atoms with Gasteiger partial charge in [-0.1, -0.05) is 0 Å². The van der Waals surface area contributed by atoms with Crippen molar-refractivity contribution in [2.45, 2.75) is 13.8 Å². The van der Waals surface area contributed by atoms with Gasteiger partial charge in [-0.25, -0.2) is 16.8 Å². The minimum Gasteiger partial charge on any atom is -0.726 e. The van der Waals surface area contributed by atoms with Crippen LogP contribution in [0.2, 0.25) is 0 Å². The molecule has 0 aliphatic carbocycles. The summed E-state index contributed by atoms with van der Waals surface area (Å²) in [6, 6.07) is 0. The molecule has 0 aromatic heterocycles. The van der Waals surface area contributed by atoms with E-state index in [1.165, 1.54) is 13.8 Å². The van der Waals surface area contributed by atoms with Crippen LogP contribution in [0.25, 0.3) is 0 Å². The fourth-order valence-electron chi connectivity index (χ4n) is 0.289. The van der Waals surface area contributed by atoms with E-state index in [-0.39, 0.29) is 33.6 Å². The molecule has 0 aromatic carbocycles. The monoisotopic (exact) mass is 356 g/mol. The molecule has 0 aliphatic rings. The third-order valence-electron chi connectivity index (χ3n) is 0.524. The van der Waals surface area contributed by atoms with Crippen LogP contribution in [-0.2, 0) is 49.6 Å². The second-order valence-electron chi connectivity index (χ2n) is 1.63. The van der Waals surface area contributed by atoms with Crippen LogP contribution in [-0.4, -0.2) is 39.2 Å². The minimum absolute atomic E-state index is 0. The van der Waals surface area contributed by atoms with Gasteiger partial charge in [-0.2, -0.15) is 0 Å². The molecule has 0 radical (unpaired) electrons. The van der Waals surface area contributed by atoms with Gasteiger partial charge >= 0.3 is 20.4 Å². The standard InChI is InChI=1S/2C2H6O4S.Pd/c2*1-2-6-7(3,4)5;/h2*2H2,1H3,(H,3,4,5);/q;;+2/p-2. The van der Waals surface area contributed by atoms with Gasteiger partial charge in [-0.05, 0) is 13.8 Å². The maximum Gasteiger partial charge on any atom is 2.00 e. The maximum atomic E-state index is 9.45. The molecule has 15 heavy (non-hydrogen) atoms.